The zero-order valence-electron chi connectivity index (χ0n) is 17.8. The lowest BCUT2D eigenvalue weighted by molar-refractivity contribution is 0.0696. The highest BCUT2D eigenvalue weighted by molar-refractivity contribution is 6.05. The molecule has 0 fully saturated rings. The molecular formula is C25H21FN4O2. The summed E-state index contributed by atoms with van der Waals surface area (Å²) in [6, 6.07) is 12.2. The van der Waals surface area contributed by atoms with E-state index in [0.29, 0.717) is 0 Å². The van der Waals surface area contributed by atoms with Gasteiger partial charge in [0.05, 0.1) is 28.5 Å². The fourth-order valence-electron chi connectivity index (χ4n) is 4.36. The monoisotopic (exact) mass is 428 g/mol. The Balaban J connectivity index is 1.93. The topological polar surface area (TPSA) is 83.8 Å². The smallest absolute Gasteiger partial charge is 0.337 e. The minimum Gasteiger partial charge on any atom is -0.478 e. The third-order valence-electron chi connectivity index (χ3n) is 5.76. The van der Waals surface area contributed by atoms with Crippen LogP contribution in [0.2, 0.25) is 0 Å². The van der Waals surface area contributed by atoms with E-state index in [1.54, 1.807) is 24.4 Å². The summed E-state index contributed by atoms with van der Waals surface area (Å²) in [6.45, 7) is 6.08. The average molecular weight is 428 g/mol. The molecule has 0 saturated heterocycles. The number of fused-ring (bicyclic) bond motifs is 2. The standard InChI is InChI=1S/C25H21FN4O2/c1-13(2)24-22(23-14(3)8-16(11-27-23)25(31)32)19-10-20-15(12-28-29-20)9-21(19)30(24)18-6-4-17(26)5-7-18/h4-13H,1-3H3,(H,28,29)(H,31,32). The SMILES string of the molecule is Cc1cc(C(=O)O)cnc1-c1c(C(C)C)n(-c2ccc(F)cc2)c2cc3cn[nH]c3cc12. The maximum Gasteiger partial charge on any atom is 0.337 e. The number of nitrogens with one attached hydrogen (secondary N) is 1. The van der Waals surface area contributed by atoms with E-state index >= 15 is 0 Å². The van der Waals surface area contributed by atoms with Crippen molar-refractivity contribution in [3.63, 3.8) is 0 Å². The molecule has 0 spiro atoms. The Morgan fingerprint density at radius 1 is 1.12 bits per heavy atom. The van der Waals surface area contributed by atoms with Gasteiger partial charge in [0.25, 0.3) is 0 Å². The number of carboxylic acids is 1. The Hall–Kier alpha value is -4.00. The van der Waals surface area contributed by atoms with Crippen molar-refractivity contribution in [2.24, 2.45) is 0 Å². The van der Waals surface area contributed by atoms with E-state index in [9.17, 15) is 14.3 Å². The predicted molar refractivity (Wildman–Crippen MR) is 122 cm³/mol. The molecule has 160 valence electrons. The van der Waals surface area contributed by atoms with Crippen molar-refractivity contribution in [1.82, 2.24) is 19.7 Å². The van der Waals surface area contributed by atoms with E-state index < -0.39 is 5.97 Å². The molecule has 0 aliphatic heterocycles. The summed E-state index contributed by atoms with van der Waals surface area (Å²) in [5.74, 6) is -1.20. The van der Waals surface area contributed by atoms with Gasteiger partial charge in [-0.3, -0.25) is 10.1 Å². The second kappa shape index (κ2) is 7.30. The first-order chi connectivity index (χ1) is 15.3. The molecule has 5 aromatic rings. The minimum atomic E-state index is -1.01. The molecule has 6 nitrogen and oxygen atoms in total. The van der Waals surface area contributed by atoms with Gasteiger partial charge in [-0.2, -0.15) is 5.10 Å². The first kappa shape index (κ1) is 19.9. The van der Waals surface area contributed by atoms with Gasteiger partial charge in [-0.15, -0.1) is 0 Å². The number of pyridine rings is 1. The Morgan fingerprint density at radius 2 is 1.88 bits per heavy atom. The third-order valence-corrected chi connectivity index (χ3v) is 5.76. The van der Waals surface area contributed by atoms with Gasteiger partial charge in [0.2, 0.25) is 0 Å². The van der Waals surface area contributed by atoms with Crippen molar-refractivity contribution in [1.29, 1.82) is 0 Å². The van der Waals surface area contributed by atoms with Gasteiger partial charge in [0.1, 0.15) is 5.82 Å². The van der Waals surface area contributed by atoms with Crippen LogP contribution in [0.4, 0.5) is 4.39 Å². The molecule has 0 aliphatic carbocycles. The fourth-order valence-corrected chi connectivity index (χ4v) is 4.36. The minimum absolute atomic E-state index is 0.110. The van der Waals surface area contributed by atoms with Gasteiger partial charge in [0.15, 0.2) is 0 Å². The van der Waals surface area contributed by atoms with E-state index in [1.807, 2.05) is 13.0 Å². The average Bonchev–Trinajstić information content (AvgIpc) is 3.34. The number of aromatic nitrogens is 4. The number of carbonyl (C=O) groups is 1. The quantitative estimate of drug-likeness (QED) is 0.377. The number of halogens is 1. The van der Waals surface area contributed by atoms with Crippen LogP contribution in [0.1, 0.15) is 41.4 Å². The Morgan fingerprint density at radius 3 is 2.53 bits per heavy atom. The third kappa shape index (κ3) is 3.05. The molecule has 0 radical (unpaired) electrons. The van der Waals surface area contributed by atoms with E-state index in [4.69, 9.17) is 0 Å². The maximum atomic E-state index is 13.7. The molecule has 0 atom stereocenters. The van der Waals surface area contributed by atoms with Crippen molar-refractivity contribution in [2.45, 2.75) is 26.7 Å². The zero-order chi connectivity index (χ0) is 22.6. The van der Waals surface area contributed by atoms with E-state index in [2.05, 4.69) is 39.7 Å². The Labute approximate surface area is 183 Å². The summed E-state index contributed by atoms with van der Waals surface area (Å²) < 4.78 is 15.8. The van der Waals surface area contributed by atoms with Crippen LogP contribution in [0.25, 0.3) is 38.8 Å². The summed E-state index contributed by atoms with van der Waals surface area (Å²) in [4.78, 5) is 16.0. The van der Waals surface area contributed by atoms with E-state index in [0.717, 1.165) is 50.0 Å². The molecule has 7 heteroatoms. The van der Waals surface area contributed by atoms with Crippen molar-refractivity contribution < 1.29 is 14.3 Å². The molecule has 0 saturated carbocycles. The Kier molecular flexibility index (Phi) is 4.55. The van der Waals surface area contributed by atoms with Gasteiger partial charge < -0.3 is 9.67 Å². The number of rotatable bonds is 4. The molecule has 32 heavy (non-hydrogen) atoms. The second-order valence-electron chi connectivity index (χ2n) is 8.25. The largest absolute Gasteiger partial charge is 0.478 e. The van der Waals surface area contributed by atoms with Crippen LogP contribution in [-0.4, -0.2) is 30.8 Å². The number of aromatic carboxylic acids is 1. The van der Waals surface area contributed by atoms with Crippen LogP contribution in [0.15, 0.2) is 54.9 Å². The van der Waals surface area contributed by atoms with Crippen LogP contribution in [0.3, 0.4) is 0 Å². The number of hydrogen-bond acceptors (Lipinski definition) is 3. The highest BCUT2D eigenvalue weighted by Gasteiger charge is 2.25. The second-order valence-corrected chi connectivity index (χ2v) is 8.25. The van der Waals surface area contributed by atoms with Crippen LogP contribution in [-0.2, 0) is 0 Å². The summed E-state index contributed by atoms with van der Waals surface area (Å²) in [7, 11) is 0. The molecule has 0 aliphatic rings. The number of H-pyrrole nitrogens is 1. The number of aryl methyl sites for hydroxylation is 1. The normalized spacial score (nSPS) is 11.7. The molecule has 5 rings (SSSR count). The molecule has 3 aromatic heterocycles. The number of benzene rings is 2. The molecule has 0 unspecified atom stereocenters. The lowest BCUT2D eigenvalue weighted by atomic mass is 9.97. The zero-order valence-corrected chi connectivity index (χ0v) is 17.8. The summed E-state index contributed by atoms with van der Waals surface area (Å²) >= 11 is 0. The van der Waals surface area contributed by atoms with Crippen molar-refractivity contribution in [3.05, 3.63) is 77.5 Å². The van der Waals surface area contributed by atoms with Crippen LogP contribution in [0, 0.1) is 12.7 Å². The van der Waals surface area contributed by atoms with Crippen LogP contribution >= 0.6 is 0 Å². The van der Waals surface area contributed by atoms with E-state index in [-0.39, 0.29) is 17.3 Å². The van der Waals surface area contributed by atoms with Crippen LogP contribution < -0.4 is 0 Å². The molecule has 2 aromatic carbocycles. The molecular weight excluding hydrogens is 407 g/mol. The number of hydrogen-bond donors (Lipinski definition) is 2. The van der Waals surface area contributed by atoms with Crippen molar-refractivity contribution in [3.8, 4) is 16.9 Å². The van der Waals surface area contributed by atoms with Gasteiger partial charge in [0, 0.05) is 33.9 Å². The highest BCUT2D eigenvalue weighted by Crippen LogP contribution is 2.42. The first-order valence-corrected chi connectivity index (χ1v) is 10.3. The molecule has 0 bridgehead atoms. The van der Waals surface area contributed by atoms with Crippen molar-refractivity contribution in [2.75, 3.05) is 0 Å². The number of nitrogens with zero attached hydrogens (tertiary/aromatic N) is 3. The van der Waals surface area contributed by atoms with E-state index in [1.165, 1.54) is 18.3 Å². The molecule has 2 N–H and O–H groups in total. The molecule has 3 heterocycles. The summed E-state index contributed by atoms with van der Waals surface area (Å²) in [6.07, 6.45) is 3.17. The summed E-state index contributed by atoms with van der Waals surface area (Å²) in [5.41, 5.74) is 6.29. The summed E-state index contributed by atoms with van der Waals surface area (Å²) in [5, 5.41) is 18.5. The molecule has 0 amide bonds. The first-order valence-electron chi connectivity index (χ1n) is 10.3. The maximum absolute atomic E-state index is 13.7. The fraction of sp³-hybridized carbons (Fsp3) is 0.160. The van der Waals surface area contributed by atoms with Gasteiger partial charge in [-0.1, -0.05) is 13.8 Å². The highest BCUT2D eigenvalue weighted by atomic mass is 19.1. The Bertz CT molecular complexity index is 1500. The lowest BCUT2D eigenvalue weighted by Crippen LogP contribution is -2.05. The van der Waals surface area contributed by atoms with Gasteiger partial charge >= 0.3 is 5.97 Å². The van der Waals surface area contributed by atoms with Gasteiger partial charge in [-0.05, 0) is 60.9 Å². The lowest BCUT2D eigenvalue weighted by Gasteiger charge is -2.16. The number of aromatic amines is 1. The van der Waals surface area contributed by atoms with Gasteiger partial charge in [-0.25, -0.2) is 9.18 Å². The van der Waals surface area contributed by atoms with Crippen molar-refractivity contribution >= 4 is 27.8 Å². The predicted octanol–water partition coefficient (Wildman–Crippen LogP) is 5.84. The van der Waals surface area contributed by atoms with Crippen LogP contribution in [0.5, 0.6) is 0 Å². The number of carboxylic acid groups (broad SMARTS) is 1.